The third-order valence-corrected chi connectivity index (χ3v) is 6.69. The minimum atomic E-state index is -0.763. The highest BCUT2D eigenvalue weighted by molar-refractivity contribution is 6.65. The van der Waals surface area contributed by atoms with Crippen LogP contribution in [0.5, 0.6) is 0 Å². The number of nitrogens with zero attached hydrogens (tertiary/aromatic N) is 1. The molecule has 31 heavy (non-hydrogen) atoms. The van der Waals surface area contributed by atoms with Gasteiger partial charge in [-0.05, 0) is 57.1 Å². The van der Waals surface area contributed by atoms with Crippen LogP contribution in [-0.4, -0.2) is 49.5 Å². The van der Waals surface area contributed by atoms with Crippen LogP contribution in [0.3, 0.4) is 0 Å². The Bertz CT molecular complexity index is 1070. The lowest BCUT2D eigenvalue weighted by Crippen LogP contribution is -2.47. The van der Waals surface area contributed by atoms with Gasteiger partial charge in [0.05, 0.1) is 16.9 Å². The molecule has 4 rings (SSSR count). The van der Waals surface area contributed by atoms with E-state index >= 15 is 0 Å². The second-order valence-electron chi connectivity index (χ2n) is 9.04. The number of hydrogen-bond donors (Lipinski definition) is 1. The predicted molar refractivity (Wildman–Crippen MR) is 120 cm³/mol. The number of nitrogens with one attached hydrogen (secondary N) is 1. The lowest BCUT2D eigenvalue weighted by molar-refractivity contribution is -0.122. The van der Waals surface area contributed by atoms with Gasteiger partial charge in [0.1, 0.15) is 12.3 Å². The van der Waals surface area contributed by atoms with Crippen LogP contribution in [0.2, 0.25) is 0 Å². The van der Waals surface area contributed by atoms with Crippen LogP contribution in [0.4, 0.5) is 5.69 Å². The number of likely N-dealkylation sites (N-methyl/N-ethyl adjacent to an activating group) is 1. The van der Waals surface area contributed by atoms with Gasteiger partial charge < -0.3 is 19.4 Å². The van der Waals surface area contributed by atoms with Crippen LogP contribution in [0.15, 0.2) is 30.3 Å². The van der Waals surface area contributed by atoms with Crippen molar-refractivity contribution in [3.05, 3.63) is 35.9 Å². The van der Waals surface area contributed by atoms with Gasteiger partial charge in [0.15, 0.2) is 0 Å². The molecule has 0 spiro atoms. The van der Waals surface area contributed by atoms with Crippen LogP contribution in [-0.2, 0) is 18.9 Å². The van der Waals surface area contributed by atoms with Gasteiger partial charge in [0, 0.05) is 24.4 Å². The maximum atomic E-state index is 13.3. The van der Waals surface area contributed by atoms with Crippen molar-refractivity contribution >= 4 is 47.1 Å². The molecule has 8 heteroatoms. The van der Waals surface area contributed by atoms with E-state index in [0.717, 1.165) is 22.5 Å². The molecular weight excluding hydrogens is 395 g/mol. The second-order valence-corrected chi connectivity index (χ2v) is 9.04. The molecule has 0 saturated carbocycles. The Morgan fingerprint density at radius 1 is 1.16 bits per heavy atom. The van der Waals surface area contributed by atoms with Crippen LogP contribution in [0.25, 0.3) is 10.8 Å². The van der Waals surface area contributed by atoms with Crippen LogP contribution in [0.1, 0.15) is 50.9 Å². The minimum Gasteiger partial charge on any atom is -0.399 e. The van der Waals surface area contributed by atoms with Gasteiger partial charge >= 0.3 is 7.12 Å². The molecule has 0 radical (unpaired) electrons. The van der Waals surface area contributed by atoms with Crippen molar-refractivity contribution in [3.63, 3.8) is 0 Å². The van der Waals surface area contributed by atoms with Crippen molar-refractivity contribution in [2.45, 2.75) is 57.8 Å². The molecule has 162 valence electrons. The molecule has 7 nitrogen and oxygen atoms in total. The number of amides is 2. The molecule has 0 aliphatic carbocycles. The zero-order valence-electron chi connectivity index (χ0n) is 18.5. The van der Waals surface area contributed by atoms with E-state index in [9.17, 15) is 14.4 Å². The van der Waals surface area contributed by atoms with Gasteiger partial charge in [-0.15, -0.1) is 0 Å². The molecule has 0 aromatic heterocycles. The molecule has 2 aromatic rings. The molecule has 1 atom stereocenters. The number of carbonyl (C=O) groups is 3. The number of anilines is 1. The molecule has 2 amide bonds. The molecule has 2 aliphatic heterocycles. The van der Waals surface area contributed by atoms with Gasteiger partial charge in [0.2, 0.25) is 5.91 Å². The molecule has 2 aliphatic rings. The van der Waals surface area contributed by atoms with Crippen LogP contribution < -0.4 is 15.7 Å². The Morgan fingerprint density at radius 2 is 1.84 bits per heavy atom. The van der Waals surface area contributed by atoms with Gasteiger partial charge in [-0.1, -0.05) is 18.2 Å². The van der Waals surface area contributed by atoms with Gasteiger partial charge in [-0.25, -0.2) is 0 Å². The molecule has 1 N–H and O–H groups in total. The van der Waals surface area contributed by atoms with Gasteiger partial charge in [-0.3, -0.25) is 14.5 Å². The monoisotopic (exact) mass is 422 g/mol. The fourth-order valence-electron chi connectivity index (χ4n) is 4.28. The lowest BCUT2D eigenvalue weighted by Gasteiger charge is -2.32. The molecular formula is C23H27BN2O5. The van der Waals surface area contributed by atoms with Crippen molar-refractivity contribution < 1.29 is 23.7 Å². The summed E-state index contributed by atoms with van der Waals surface area (Å²) >= 11 is 0. The Balaban J connectivity index is 1.83. The Kier molecular flexibility index (Phi) is 5.18. The maximum Gasteiger partial charge on any atom is 0.495 e. The number of aldehydes is 1. The zero-order chi connectivity index (χ0) is 22.6. The molecule has 1 unspecified atom stereocenters. The highest BCUT2D eigenvalue weighted by atomic mass is 16.7. The Morgan fingerprint density at radius 3 is 2.45 bits per heavy atom. The fourth-order valence-corrected chi connectivity index (χ4v) is 4.28. The standard InChI is InChI=1S/C23H27BN2O5/c1-22(2)23(3,4)31-24(30-22)16-11-12-17-19-14(16)8-6-9-15(19)21(29)26(17)18(10-7-13-27)20(28)25-5/h6,8-9,11-13,18H,7,10H2,1-5H3,(H,25,28). The summed E-state index contributed by atoms with van der Waals surface area (Å²) < 4.78 is 12.5. The number of benzene rings is 2. The molecule has 0 bridgehead atoms. The summed E-state index contributed by atoms with van der Waals surface area (Å²) in [6.45, 7) is 8.00. The summed E-state index contributed by atoms with van der Waals surface area (Å²) in [5, 5.41) is 4.25. The zero-order valence-corrected chi connectivity index (χ0v) is 18.5. The Labute approximate surface area is 182 Å². The number of hydrogen-bond acceptors (Lipinski definition) is 5. The molecule has 1 saturated heterocycles. The smallest absolute Gasteiger partial charge is 0.399 e. The first-order valence-corrected chi connectivity index (χ1v) is 10.5. The highest BCUT2D eigenvalue weighted by Gasteiger charge is 2.52. The average molecular weight is 422 g/mol. The molecule has 2 heterocycles. The first kappa shape index (κ1) is 21.5. The van der Waals surface area contributed by atoms with E-state index in [1.807, 2.05) is 52.0 Å². The first-order chi connectivity index (χ1) is 14.6. The van der Waals surface area contributed by atoms with E-state index in [2.05, 4.69) is 5.32 Å². The number of carbonyl (C=O) groups excluding carboxylic acids is 3. The van der Waals surface area contributed by atoms with E-state index < -0.39 is 24.4 Å². The second kappa shape index (κ2) is 7.46. The fraction of sp³-hybridized carbons (Fsp3) is 0.435. The third-order valence-electron chi connectivity index (χ3n) is 6.69. The predicted octanol–water partition coefficient (Wildman–Crippen LogP) is 2.19. The van der Waals surface area contributed by atoms with Crippen molar-refractivity contribution in [2.24, 2.45) is 0 Å². The summed E-state index contributed by atoms with van der Waals surface area (Å²) in [5.41, 5.74) is 1.07. The van der Waals surface area contributed by atoms with Crippen molar-refractivity contribution in [1.82, 2.24) is 5.32 Å². The third kappa shape index (κ3) is 3.25. The van der Waals surface area contributed by atoms with Gasteiger partial charge in [0.25, 0.3) is 5.91 Å². The first-order valence-electron chi connectivity index (χ1n) is 10.5. The summed E-state index contributed by atoms with van der Waals surface area (Å²) in [5.74, 6) is -0.544. The lowest BCUT2D eigenvalue weighted by atomic mass is 9.75. The van der Waals surface area contributed by atoms with E-state index in [4.69, 9.17) is 9.31 Å². The van der Waals surface area contributed by atoms with Crippen LogP contribution in [0, 0.1) is 0 Å². The Hall–Kier alpha value is -2.71. The van der Waals surface area contributed by atoms with Gasteiger partial charge in [-0.2, -0.15) is 0 Å². The quantitative estimate of drug-likeness (QED) is 0.570. The van der Waals surface area contributed by atoms with Crippen molar-refractivity contribution in [2.75, 3.05) is 11.9 Å². The summed E-state index contributed by atoms with van der Waals surface area (Å²) in [4.78, 5) is 38.4. The van der Waals surface area contributed by atoms with E-state index in [1.165, 1.54) is 11.9 Å². The summed E-state index contributed by atoms with van der Waals surface area (Å²) in [7, 11) is 0.962. The largest absolute Gasteiger partial charge is 0.495 e. The van der Waals surface area contributed by atoms with E-state index in [0.29, 0.717) is 11.3 Å². The van der Waals surface area contributed by atoms with E-state index in [-0.39, 0.29) is 24.7 Å². The van der Waals surface area contributed by atoms with Crippen molar-refractivity contribution in [3.8, 4) is 0 Å². The van der Waals surface area contributed by atoms with E-state index in [1.54, 1.807) is 6.07 Å². The SMILES string of the molecule is CNC(=O)C(CCC=O)N1C(=O)c2cccc3c(B4OC(C)(C)C(C)(C)O4)ccc1c23. The maximum absolute atomic E-state index is 13.3. The van der Waals surface area contributed by atoms with Crippen molar-refractivity contribution in [1.29, 1.82) is 0 Å². The highest BCUT2D eigenvalue weighted by Crippen LogP contribution is 2.41. The van der Waals surface area contributed by atoms with Crippen LogP contribution >= 0.6 is 0 Å². The summed E-state index contributed by atoms with van der Waals surface area (Å²) in [6, 6.07) is 8.52. The topological polar surface area (TPSA) is 84.9 Å². The molecule has 1 fully saturated rings. The number of rotatable bonds is 6. The molecule has 2 aromatic carbocycles. The summed E-state index contributed by atoms with van der Waals surface area (Å²) in [6.07, 6.45) is 1.21. The average Bonchev–Trinajstić information content (AvgIpc) is 3.13. The normalized spacial score (nSPS) is 19.7. The minimum absolute atomic E-state index is 0.188.